The Morgan fingerprint density at radius 3 is 2.26 bits per heavy atom. The number of likely N-dealkylation sites (tertiary alicyclic amines) is 1. The number of nitrogens with zero attached hydrogens (tertiary/aromatic N) is 1. The molecule has 1 aliphatic carbocycles. The SMILES string of the molecule is O=C1[C@@H]2CCCC[C@H]2C(=O)N1C[C@@H](O)COc1ccc(F)cc1. The summed E-state index contributed by atoms with van der Waals surface area (Å²) in [6.45, 7) is -0.107. The van der Waals surface area contributed by atoms with Crippen LogP contribution in [0.4, 0.5) is 4.39 Å². The lowest BCUT2D eigenvalue weighted by molar-refractivity contribution is -0.141. The third kappa shape index (κ3) is 3.37. The van der Waals surface area contributed by atoms with Crippen LogP contribution in [0, 0.1) is 17.7 Å². The highest BCUT2D eigenvalue weighted by molar-refractivity contribution is 6.05. The van der Waals surface area contributed by atoms with Crippen LogP contribution >= 0.6 is 0 Å². The van der Waals surface area contributed by atoms with Crippen molar-refractivity contribution in [3.8, 4) is 5.75 Å². The van der Waals surface area contributed by atoms with Gasteiger partial charge in [0.15, 0.2) is 0 Å². The van der Waals surface area contributed by atoms with Gasteiger partial charge in [-0.3, -0.25) is 14.5 Å². The zero-order valence-corrected chi connectivity index (χ0v) is 12.8. The molecule has 1 saturated carbocycles. The number of ether oxygens (including phenoxy) is 1. The summed E-state index contributed by atoms with van der Waals surface area (Å²) < 4.78 is 18.2. The molecular weight excluding hydrogens is 301 g/mol. The molecule has 2 aliphatic rings. The van der Waals surface area contributed by atoms with E-state index in [0.29, 0.717) is 5.75 Å². The fourth-order valence-electron chi connectivity index (χ4n) is 3.40. The van der Waals surface area contributed by atoms with Crippen molar-refractivity contribution in [3.05, 3.63) is 30.1 Å². The van der Waals surface area contributed by atoms with Crippen LogP contribution in [0.15, 0.2) is 24.3 Å². The third-order valence-electron chi connectivity index (χ3n) is 4.58. The minimum absolute atomic E-state index is 0.0497. The summed E-state index contributed by atoms with van der Waals surface area (Å²) in [7, 11) is 0. The molecule has 1 heterocycles. The monoisotopic (exact) mass is 321 g/mol. The Bertz CT molecular complexity index is 565. The Balaban J connectivity index is 1.55. The van der Waals surface area contributed by atoms with Gasteiger partial charge in [-0.05, 0) is 37.1 Å². The summed E-state index contributed by atoms with van der Waals surface area (Å²) in [6.07, 6.45) is 2.50. The second-order valence-electron chi connectivity index (χ2n) is 6.20. The van der Waals surface area contributed by atoms with Crippen LogP contribution in [0.5, 0.6) is 5.75 Å². The second-order valence-corrected chi connectivity index (χ2v) is 6.20. The third-order valence-corrected chi connectivity index (χ3v) is 4.58. The maximum Gasteiger partial charge on any atom is 0.233 e. The van der Waals surface area contributed by atoms with Gasteiger partial charge in [0.05, 0.1) is 18.4 Å². The first kappa shape index (κ1) is 15.9. The van der Waals surface area contributed by atoms with Crippen LogP contribution in [0.25, 0.3) is 0 Å². The van der Waals surface area contributed by atoms with Crippen molar-refractivity contribution in [2.24, 2.45) is 11.8 Å². The number of halogens is 1. The molecule has 0 bridgehead atoms. The van der Waals surface area contributed by atoms with E-state index in [1.165, 1.54) is 29.2 Å². The topological polar surface area (TPSA) is 66.8 Å². The zero-order chi connectivity index (χ0) is 16.4. The van der Waals surface area contributed by atoms with Crippen molar-refractivity contribution < 1.29 is 23.8 Å². The highest BCUT2D eigenvalue weighted by Gasteiger charge is 2.48. The average Bonchev–Trinajstić information content (AvgIpc) is 2.80. The lowest BCUT2D eigenvalue weighted by atomic mass is 9.81. The van der Waals surface area contributed by atoms with Gasteiger partial charge in [0.2, 0.25) is 11.8 Å². The first-order chi connectivity index (χ1) is 11.1. The Morgan fingerprint density at radius 2 is 1.70 bits per heavy atom. The zero-order valence-electron chi connectivity index (χ0n) is 12.8. The quantitative estimate of drug-likeness (QED) is 0.839. The molecule has 23 heavy (non-hydrogen) atoms. The Labute approximate surface area is 134 Å². The smallest absolute Gasteiger partial charge is 0.233 e. The van der Waals surface area contributed by atoms with E-state index in [0.717, 1.165) is 25.7 Å². The summed E-state index contributed by atoms with van der Waals surface area (Å²) in [4.78, 5) is 25.8. The van der Waals surface area contributed by atoms with Gasteiger partial charge in [0.1, 0.15) is 24.3 Å². The molecule has 0 spiro atoms. The first-order valence-electron chi connectivity index (χ1n) is 7.98. The van der Waals surface area contributed by atoms with Crippen molar-refractivity contribution in [2.75, 3.05) is 13.2 Å². The van der Waals surface area contributed by atoms with E-state index in [1.807, 2.05) is 0 Å². The summed E-state index contributed by atoms with van der Waals surface area (Å²) in [5.74, 6) is -0.684. The molecule has 0 aromatic heterocycles. The summed E-state index contributed by atoms with van der Waals surface area (Å²) >= 11 is 0. The van der Waals surface area contributed by atoms with E-state index in [1.54, 1.807) is 0 Å². The number of hydrogen-bond donors (Lipinski definition) is 1. The van der Waals surface area contributed by atoms with Crippen molar-refractivity contribution in [1.82, 2.24) is 4.90 Å². The van der Waals surface area contributed by atoms with Crippen molar-refractivity contribution in [1.29, 1.82) is 0 Å². The fourth-order valence-corrected chi connectivity index (χ4v) is 3.40. The van der Waals surface area contributed by atoms with E-state index in [9.17, 15) is 19.1 Å². The molecule has 6 heteroatoms. The molecule has 0 unspecified atom stereocenters. The number of rotatable bonds is 5. The van der Waals surface area contributed by atoms with E-state index >= 15 is 0 Å². The number of β-amino-alcohol motifs (C(OH)–C–C–N with tert-alkyl or cyclic N) is 1. The van der Waals surface area contributed by atoms with Crippen molar-refractivity contribution in [3.63, 3.8) is 0 Å². The second kappa shape index (κ2) is 6.66. The summed E-state index contributed by atoms with van der Waals surface area (Å²) in [5, 5.41) is 10.0. The van der Waals surface area contributed by atoms with Crippen LogP contribution in [-0.2, 0) is 9.59 Å². The normalized spacial score (nSPS) is 25.4. The van der Waals surface area contributed by atoms with Crippen LogP contribution in [0.2, 0.25) is 0 Å². The van der Waals surface area contributed by atoms with E-state index in [2.05, 4.69) is 0 Å². The fraction of sp³-hybridized carbons (Fsp3) is 0.529. The molecule has 124 valence electrons. The minimum atomic E-state index is -0.965. The molecule has 1 aromatic carbocycles. The number of hydrogen-bond acceptors (Lipinski definition) is 4. The Morgan fingerprint density at radius 1 is 1.13 bits per heavy atom. The molecule has 1 N–H and O–H groups in total. The van der Waals surface area contributed by atoms with Gasteiger partial charge < -0.3 is 9.84 Å². The first-order valence-corrected chi connectivity index (χ1v) is 7.98. The number of imide groups is 1. The molecule has 1 saturated heterocycles. The number of aliphatic hydroxyl groups excluding tert-OH is 1. The highest BCUT2D eigenvalue weighted by Crippen LogP contribution is 2.37. The number of carbonyl (C=O) groups excluding carboxylic acids is 2. The number of aliphatic hydroxyl groups is 1. The van der Waals surface area contributed by atoms with Crippen LogP contribution in [0.1, 0.15) is 25.7 Å². The van der Waals surface area contributed by atoms with Gasteiger partial charge >= 0.3 is 0 Å². The molecule has 1 aliphatic heterocycles. The predicted octanol–water partition coefficient (Wildman–Crippen LogP) is 1.74. The largest absolute Gasteiger partial charge is 0.491 e. The molecule has 1 aromatic rings. The van der Waals surface area contributed by atoms with Gasteiger partial charge in [-0.25, -0.2) is 4.39 Å². The maximum absolute atomic E-state index is 12.8. The molecule has 2 amide bonds. The van der Waals surface area contributed by atoms with E-state index in [-0.39, 0.29) is 42.6 Å². The average molecular weight is 321 g/mol. The van der Waals surface area contributed by atoms with Gasteiger partial charge in [-0.2, -0.15) is 0 Å². The molecule has 0 radical (unpaired) electrons. The van der Waals surface area contributed by atoms with Gasteiger partial charge in [-0.15, -0.1) is 0 Å². The van der Waals surface area contributed by atoms with E-state index < -0.39 is 6.10 Å². The maximum atomic E-state index is 12.8. The number of benzene rings is 1. The van der Waals surface area contributed by atoms with Gasteiger partial charge in [0.25, 0.3) is 0 Å². The Kier molecular flexibility index (Phi) is 4.61. The lowest BCUT2D eigenvalue weighted by Gasteiger charge is -2.19. The van der Waals surface area contributed by atoms with Crippen LogP contribution in [-0.4, -0.2) is 41.1 Å². The van der Waals surface area contributed by atoms with Gasteiger partial charge in [0, 0.05) is 0 Å². The van der Waals surface area contributed by atoms with Crippen LogP contribution < -0.4 is 4.74 Å². The lowest BCUT2D eigenvalue weighted by Crippen LogP contribution is -2.40. The van der Waals surface area contributed by atoms with Crippen molar-refractivity contribution in [2.45, 2.75) is 31.8 Å². The summed E-state index contributed by atoms with van der Waals surface area (Å²) in [6, 6.07) is 5.45. The van der Waals surface area contributed by atoms with Crippen molar-refractivity contribution >= 4 is 11.8 Å². The highest BCUT2D eigenvalue weighted by atomic mass is 19.1. The summed E-state index contributed by atoms with van der Waals surface area (Å²) in [5.41, 5.74) is 0. The number of fused-ring (bicyclic) bond motifs is 1. The number of amides is 2. The molecule has 2 fully saturated rings. The number of carbonyl (C=O) groups is 2. The molecule has 3 atom stereocenters. The molecular formula is C17H20FNO4. The Hall–Kier alpha value is -1.95. The van der Waals surface area contributed by atoms with E-state index in [4.69, 9.17) is 4.74 Å². The minimum Gasteiger partial charge on any atom is -0.491 e. The predicted molar refractivity (Wildman–Crippen MR) is 80.1 cm³/mol. The molecule has 5 nitrogen and oxygen atoms in total. The van der Waals surface area contributed by atoms with Crippen LogP contribution in [0.3, 0.4) is 0 Å². The van der Waals surface area contributed by atoms with Gasteiger partial charge in [-0.1, -0.05) is 12.8 Å². The standard InChI is InChI=1S/C17H20FNO4/c18-11-5-7-13(8-6-11)23-10-12(20)9-19-16(21)14-3-1-2-4-15(14)17(19)22/h5-8,12,14-15,20H,1-4,9-10H2/t12-,14-,15-/m1/s1. The molecule has 3 rings (SSSR count).